The zero-order valence-electron chi connectivity index (χ0n) is 8.42. The molecule has 1 aliphatic heterocycles. The standard InChI is InChI=1S/C11H17N3/c1-2-8(3-1)11-13-7-10(14-11)9-4-5-12-6-9/h7-9,12H,1-6H2,(H,13,14). The van der Waals surface area contributed by atoms with Crippen molar-refractivity contribution in [3.63, 3.8) is 0 Å². The molecule has 76 valence electrons. The first-order chi connectivity index (χ1) is 6.93. The Kier molecular flexibility index (Phi) is 2.05. The monoisotopic (exact) mass is 191 g/mol. The van der Waals surface area contributed by atoms with Crippen molar-refractivity contribution in [1.82, 2.24) is 15.3 Å². The first-order valence-electron chi connectivity index (χ1n) is 5.69. The van der Waals surface area contributed by atoms with E-state index >= 15 is 0 Å². The van der Waals surface area contributed by atoms with E-state index < -0.39 is 0 Å². The van der Waals surface area contributed by atoms with Gasteiger partial charge in [0.05, 0.1) is 0 Å². The van der Waals surface area contributed by atoms with Crippen molar-refractivity contribution in [1.29, 1.82) is 0 Å². The topological polar surface area (TPSA) is 40.7 Å². The molecular weight excluding hydrogens is 174 g/mol. The lowest BCUT2D eigenvalue weighted by Crippen LogP contribution is -2.11. The Labute approximate surface area is 84.3 Å². The lowest BCUT2D eigenvalue weighted by molar-refractivity contribution is 0.403. The molecular formula is C11H17N3. The SMILES string of the molecule is c1nc(C2CCC2)[nH]c1C1CCNC1. The Morgan fingerprint density at radius 3 is 2.79 bits per heavy atom. The van der Waals surface area contributed by atoms with E-state index in [1.54, 1.807) is 0 Å². The van der Waals surface area contributed by atoms with Gasteiger partial charge in [0.25, 0.3) is 0 Å². The van der Waals surface area contributed by atoms with Gasteiger partial charge in [-0.25, -0.2) is 4.98 Å². The predicted octanol–water partition coefficient (Wildman–Crippen LogP) is 1.75. The minimum Gasteiger partial charge on any atom is -0.345 e. The summed E-state index contributed by atoms with van der Waals surface area (Å²) in [5, 5.41) is 3.39. The molecule has 2 heterocycles. The van der Waals surface area contributed by atoms with Gasteiger partial charge in [0.2, 0.25) is 0 Å². The minimum atomic E-state index is 0.677. The van der Waals surface area contributed by atoms with Gasteiger partial charge >= 0.3 is 0 Å². The molecule has 0 spiro atoms. The zero-order chi connectivity index (χ0) is 9.38. The predicted molar refractivity (Wildman–Crippen MR) is 55.4 cm³/mol. The highest BCUT2D eigenvalue weighted by atomic mass is 15.0. The number of hydrogen-bond donors (Lipinski definition) is 2. The average molecular weight is 191 g/mol. The number of aromatic nitrogens is 2. The van der Waals surface area contributed by atoms with Gasteiger partial charge in [-0.05, 0) is 25.8 Å². The van der Waals surface area contributed by atoms with Crippen molar-refractivity contribution in [2.24, 2.45) is 0 Å². The molecule has 0 bridgehead atoms. The normalized spacial score (nSPS) is 27.9. The van der Waals surface area contributed by atoms with Crippen molar-refractivity contribution in [2.45, 2.75) is 37.5 Å². The summed E-state index contributed by atoms with van der Waals surface area (Å²) in [6.45, 7) is 2.27. The van der Waals surface area contributed by atoms with E-state index in [1.165, 1.54) is 37.2 Å². The van der Waals surface area contributed by atoms with Crippen LogP contribution in [0.5, 0.6) is 0 Å². The zero-order valence-corrected chi connectivity index (χ0v) is 8.42. The molecule has 1 saturated carbocycles. The van der Waals surface area contributed by atoms with Crippen LogP contribution in [0, 0.1) is 0 Å². The van der Waals surface area contributed by atoms with E-state index in [-0.39, 0.29) is 0 Å². The average Bonchev–Trinajstić information content (AvgIpc) is 2.65. The van der Waals surface area contributed by atoms with Crippen LogP contribution in [-0.2, 0) is 0 Å². The molecule has 1 atom stereocenters. The van der Waals surface area contributed by atoms with Gasteiger partial charge in [-0.3, -0.25) is 0 Å². The third-order valence-electron chi connectivity index (χ3n) is 3.61. The third kappa shape index (κ3) is 1.36. The summed E-state index contributed by atoms with van der Waals surface area (Å²) in [5.74, 6) is 2.65. The highest BCUT2D eigenvalue weighted by Gasteiger charge is 2.24. The number of H-pyrrole nitrogens is 1. The number of hydrogen-bond acceptors (Lipinski definition) is 2. The van der Waals surface area contributed by atoms with Crippen LogP contribution in [0.3, 0.4) is 0 Å². The molecule has 14 heavy (non-hydrogen) atoms. The smallest absolute Gasteiger partial charge is 0.109 e. The molecule has 1 aromatic heterocycles. The van der Waals surface area contributed by atoms with Crippen LogP contribution in [0.15, 0.2) is 6.20 Å². The van der Waals surface area contributed by atoms with Crippen LogP contribution < -0.4 is 5.32 Å². The fourth-order valence-corrected chi connectivity index (χ4v) is 2.37. The van der Waals surface area contributed by atoms with Crippen molar-refractivity contribution >= 4 is 0 Å². The molecule has 3 rings (SSSR count). The molecule has 2 N–H and O–H groups in total. The Morgan fingerprint density at radius 2 is 2.14 bits per heavy atom. The van der Waals surface area contributed by atoms with E-state index in [2.05, 4.69) is 15.3 Å². The van der Waals surface area contributed by atoms with E-state index in [9.17, 15) is 0 Å². The van der Waals surface area contributed by atoms with Crippen LogP contribution in [0.4, 0.5) is 0 Å². The Morgan fingerprint density at radius 1 is 1.21 bits per heavy atom. The second kappa shape index (κ2) is 3.39. The quantitative estimate of drug-likeness (QED) is 0.747. The van der Waals surface area contributed by atoms with Gasteiger partial charge < -0.3 is 10.3 Å². The molecule has 2 fully saturated rings. The van der Waals surface area contributed by atoms with Crippen LogP contribution >= 0.6 is 0 Å². The molecule has 0 amide bonds. The van der Waals surface area contributed by atoms with Gasteiger partial charge in [-0.1, -0.05) is 6.42 Å². The number of aromatic amines is 1. The van der Waals surface area contributed by atoms with Crippen molar-refractivity contribution in [3.8, 4) is 0 Å². The van der Waals surface area contributed by atoms with Crippen LogP contribution in [0.25, 0.3) is 0 Å². The molecule has 1 saturated heterocycles. The van der Waals surface area contributed by atoms with E-state index in [1.807, 2.05) is 6.20 Å². The summed E-state index contributed by atoms with van der Waals surface area (Å²) in [7, 11) is 0. The maximum Gasteiger partial charge on any atom is 0.109 e. The van der Waals surface area contributed by atoms with Crippen LogP contribution in [0.2, 0.25) is 0 Å². The molecule has 1 unspecified atom stereocenters. The molecule has 2 aliphatic rings. The lowest BCUT2D eigenvalue weighted by Gasteiger charge is -2.22. The summed E-state index contributed by atoms with van der Waals surface area (Å²) in [6, 6.07) is 0. The van der Waals surface area contributed by atoms with Crippen molar-refractivity contribution in [2.75, 3.05) is 13.1 Å². The number of imidazole rings is 1. The molecule has 1 aliphatic carbocycles. The van der Waals surface area contributed by atoms with Gasteiger partial charge in [-0.15, -0.1) is 0 Å². The summed E-state index contributed by atoms with van der Waals surface area (Å²) < 4.78 is 0. The second-order valence-electron chi connectivity index (χ2n) is 4.54. The maximum atomic E-state index is 4.50. The first-order valence-corrected chi connectivity index (χ1v) is 5.69. The highest BCUT2D eigenvalue weighted by molar-refractivity contribution is 5.13. The Bertz CT molecular complexity index is 308. The largest absolute Gasteiger partial charge is 0.345 e. The highest BCUT2D eigenvalue weighted by Crippen LogP contribution is 2.35. The maximum absolute atomic E-state index is 4.50. The van der Waals surface area contributed by atoms with Crippen LogP contribution in [-0.4, -0.2) is 23.1 Å². The molecule has 1 aromatic rings. The van der Waals surface area contributed by atoms with Gasteiger partial charge in [-0.2, -0.15) is 0 Å². The van der Waals surface area contributed by atoms with Crippen molar-refractivity contribution < 1.29 is 0 Å². The fourth-order valence-electron chi connectivity index (χ4n) is 2.37. The third-order valence-corrected chi connectivity index (χ3v) is 3.61. The van der Waals surface area contributed by atoms with Gasteiger partial charge in [0.15, 0.2) is 0 Å². The number of rotatable bonds is 2. The van der Waals surface area contributed by atoms with Crippen molar-refractivity contribution in [3.05, 3.63) is 17.7 Å². The Balaban J connectivity index is 1.75. The van der Waals surface area contributed by atoms with E-state index in [4.69, 9.17) is 0 Å². The Hall–Kier alpha value is -0.830. The first kappa shape index (κ1) is 8.48. The fraction of sp³-hybridized carbons (Fsp3) is 0.727. The molecule has 0 aromatic carbocycles. The van der Waals surface area contributed by atoms with Gasteiger partial charge in [0.1, 0.15) is 5.82 Å². The summed E-state index contributed by atoms with van der Waals surface area (Å²) in [5.41, 5.74) is 1.34. The van der Waals surface area contributed by atoms with E-state index in [0.717, 1.165) is 19.0 Å². The van der Waals surface area contributed by atoms with Gasteiger partial charge in [0, 0.05) is 30.3 Å². The number of nitrogens with one attached hydrogen (secondary N) is 2. The summed E-state index contributed by atoms with van der Waals surface area (Å²) in [6.07, 6.45) is 7.34. The molecule has 3 nitrogen and oxygen atoms in total. The molecule has 3 heteroatoms. The summed E-state index contributed by atoms with van der Waals surface area (Å²) in [4.78, 5) is 8.01. The second-order valence-corrected chi connectivity index (χ2v) is 4.54. The van der Waals surface area contributed by atoms with Crippen LogP contribution in [0.1, 0.15) is 49.0 Å². The lowest BCUT2D eigenvalue weighted by atomic mass is 9.85. The number of nitrogens with zero attached hydrogens (tertiary/aromatic N) is 1. The summed E-state index contributed by atoms with van der Waals surface area (Å²) >= 11 is 0. The molecule has 0 radical (unpaired) electrons. The van der Waals surface area contributed by atoms with E-state index in [0.29, 0.717) is 5.92 Å². The minimum absolute atomic E-state index is 0.677.